The molecule has 0 amide bonds. The van der Waals surface area contributed by atoms with Gasteiger partial charge in [0.25, 0.3) is 0 Å². The van der Waals surface area contributed by atoms with E-state index >= 15 is 0 Å². The van der Waals surface area contributed by atoms with Crippen molar-refractivity contribution in [2.45, 2.75) is 18.4 Å². The van der Waals surface area contributed by atoms with Gasteiger partial charge in [0.15, 0.2) is 0 Å². The molecule has 0 N–H and O–H groups in total. The van der Waals surface area contributed by atoms with Gasteiger partial charge in [0.05, 0.1) is 17.4 Å². The molecule has 96 valence electrons. The summed E-state index contributed by atoms with van der Waals surface area (Å²) in [4.78, 5) is 0. The van der Waals surface area contributed by atoms with Crippen molar-refractivity contribution in [3.63, 3.8) is 0 Å². The van der Waals surface area contributed by atoms with E-state index in [1.54, 1.807) is 10.9 Å². The van der Waals surface area contributed by atoms with Gasteiger partial charge in [-0.3, -0.25) is 0 Å². The minimum Gasteiger partial charge on any atom is -0.238 e. The van der Waals surface area contributed by atoms with Crippen molar-refractivity contribution in [2.75, 3.05) is 0 Å². The Morgan fingerprint density at radius 1 is 1.22 bits per heavy atom. The summed E-state index contributed by atoms with van der Waals surface area (Å²) < 4.78 is 38.9. The van der Waals surface area contributed by atoms with E-state index in [2.05, 4.69) is 21.0 Å². The summed E-state index contributed by atoms with van der Waals surface area (Å²) in [5, 5.41) is 4.82. The van der Waals surface area contributed by atoms with Gasteiger partial charge in [-0.25, -0.2) is 4.68 Å². The van der Waals surface area contributed by atoms with Crippen LogP contribution in [0.15, 0.2) is 30.5 Å². The normalized spacial score (nSPS) is 11.8. The van der Waals surface area contributed by atoms with Crippen LogP contribution in [-0.4, -0.2) is 9.78 Å². The Labute approximate surface area is 111 Å². The molecular formula is C12H10BrF3N2. The van der Waals surface area contributed by atoms with E-state index < -0.39 is 11.7 Å². The van der Waals surface area contributed by atoms with Gasteiger partial charge in [-0.1, -0.05) is 15.9 Å². The molecule has 2 rings (SSSR count). The number of halogens is 4. The quantitative estimate of drug-likeness (QED) is 0.762. The van der Waals surface area contributed by atoms with E-state index in [0.717, 1.165) is 23.4 Å². The maximum Gasteiger partial charge on any atom is 0.416 e. The molecule has 6 heteroatoms. The molecular weight excluding hydrogens is 309 g/mol. The summed E-state index contributed by atoms with van der Waals surface area (Å²) in [6, 6.07) is 4.95. The fourth-order valence-electron chi connectivity index (χ4n) is 1.63. The largest absolute Gasteiger partial charge is 0.416 e. The summed E-state index contributed by atoms with van der Waals surface area (Å²) in [5.74, 6) is 0. The van der Waals surface area contributed by atoms with E-state index in [4.69, 9.17) is 0 Å². The molecule has 1 heterocycles. The standard InChI is InChI=1S/C12H10BrF3N2/c1-8-9(6-13)7-17-18(8)11-4-2-10(3-5-11)12(14,15)16/h2-5,7H,6H2,1H3. The first-order valence-electron chi connectivity index (χ1n) is 5.20. The van der Waals surface area contributed by atoms with Crippen LogP contribution in [0, 0.1) is 6.92 Å². The molecule has 0 bridgehead atoms. The Kier molecular flexibility index (Phi) is 3.47. The summed E-state index contributed by atoms with van der Waals surface area (Å²) in [5.41, 5.74) is 1.88. The fourth-order valence-corrected chi connectivity index (χ4v) is 2.18. The smallest absolute Gasteiger partial charge is 0.238 e. The zero-order valence-corrected chi connectivity index (χ0v) is 11.1. The highest BCUT2D eigenvalue weighted by Crippen LogP contribution is 2.29. The van der Waals surface area contributed by atoms with Crippen molar-refractivity contribution < 1.29 is 13.2 Å². The first-order chi connectivity index (χ1) is 8.43. The van der Waals surface area contributed by atoms with Crippen molar-refractivity contribution in [3.05, 3.63) is 47.3 Å². The molecule has 0 aliphatic heterocycles. The van der Waals surface area contributed by atoms with Gasteiger partial charge >= 0.3 is 6.18 Å². The van der Waals surface area contributed by atoms with Gasteiger partial charge in [0, 0.05) is 16.6 Å². The summed E-state index contributed by atoms with van der Waals surface area (Å²) in [6.07, 6.45) is -2.61. The number of aromatic nitrogens is 2. The maximum absolute atomic E-state index is 12.4. The number of hydrogen-bond donors (Lipinski definition) is 0. The zero-order chi connectivity index (χ0) is 13.3. The second-order valence-electron chi connectivity index (χ2n) is 3.85. The molecule has 1 aromatic heterocycles. The van der Waals surface area contributed by atoms with E-state index in [1.165, 1.54) is 12.1 Å². The lowest BCUT2D eigenvalue weighted by Crippen LogP contribution is -2.05. The minimum atomic E-state index is -4.31. The van der Waals surface area contributed by atoms with Crippen molar-refractivity contribution >= 4 is 15.9 Å². The monoisotopic (exact) mass is 318 g/mol. The molecule has 0 fully saturated rings. The molecule has 1 aromatic carbocycles. The van der Waals surface area contributed by atoms with Crippen LogP contribution in [0.25, 0.3) is 5.69 Å². The van der Waals surface area contributed by atoms with Gasteiger partial charge in [-0.2, -0.15) is 18.3 Å². The Morgan fingerprint density at radius 3 is 2.28 bits per heavy atom. The first-order valence-corrected chi connectivity index (χ1v) is 6.32. The molecule has 2 nitrogen and oxygen atoms in total. The van der Waals surface area contributed by atoms with Crippen LogP contribution in [0.4, 0.5) is 13.2 Å². The molecule has 18 heavy (non-hydrogen) atoms. The first kappa shape index (κ1) is 13.1. The summed E-state index contributed by atoms with van der Waals surface area (Å²) in [6.45, 7) is 1.88. The average Bonchev–Trinajstić information content (AvgIpc) is 2.69. The van der Waals surface area contributed by atoms with Gasteiger partial charge in [0.1, 0.15) is 0 Å². The van der Waals surface area contributed by atoms with Crippen LogP contribution in [0.1, 0.15) is 16.8 Å². The Hall–Kier alpha value is -1.30. The van der Waals surface area contributed by atoms with Gasteiger partial charge in [0.2, 0.25) is 0 Å². The van der Waals surface area contributed by atoms with Crippen molar-refractivity contribution in [3.8, 4) is 5.69 Å². The number of benzene rings is 1. The summed E-state index contributed by atoms with van der Waals surface area (Å²) in [7, 11) is 0. The Balaban J connectivity index is 2.37. The fraction of sp³-hybridized carbons (Fsp3) is 0.250. The highest BCUT2D eigenvalue weighted by molar-refractivity contribution is 9.08. The molecule has 0 saturated heterocycles. The highest BCUT2D eigenvalue weighted by Gasteiger charge is 2.30. The molecule has 0 atom stereocenters. The van der Waals surface area contributed by atoms with Gasteiger partial charge in [-0.05, 0) is 31.2 Å². The van der Waals surface area contributed by atoms with E-state index in [1.807, 2.05) is 6.92 Å². The third-order valence-electron chi connectivity index (χ3n) is 2.69. The SMILES string of the molecule is Cc1c(CBr)cnn1-c1ccc(C(F)(F)F)cc1. The van der Waals surface area contributed by atoms with E-state index in [0.29, 0.717) is 11.0 Å². The molecule has 0 radical (unpaired) electrons. The molecule has 0 aliphatic carbocycles. The Morgan fingerprint density at radius 2 is 1.83 bits per heavy atom. The third-order valence-corrected chi connectivity index (χ3v) is 3.30. The Bertz CT molecular complexity index is 543. The zero-order valence-electron chi connectivity index (χ0n) is 9.50. The predicted octanol–water partition coefficient (Wildman–Crippen LogP) is 4.09. The molecule has 0 saturated carbocycles. The average molecular weight is 319 g/mol. The van der Waals surface area contributed by atoms with Gasteiger partial charge < -0.3 is 0 Å². The lowest BCUT2D eigenvalue weighted by molar-refractivity contribution is -0.137. The van der Waals surface area contributed by atoms with Crippen LogP contribution < -0.4 is 0 Å². The third kappa shape index (κ3) is 2.43. The topological polar surface area (TPSA) is 17.8 Å². The van der Waals surface area contributed by atoms with Crippen LogP contribution in [-0.2, 0) is 11.5 Å². The molecule has 0 spiro atoms. The number of rotatable bonds is 2. The second kappa shape index (κ2) is 4.76. The molecule has 0 unspecified atom stereocenters. The minimum absolute atomic E-state index is 0.618. The van der Waals surface area contributed by atoms with E-state index in [-0.39, 0.29) is 0 Å². The highest BCUT2D eigenvalue weighted by atomic mass is 79.9. The van der Waals surface area contributed by atoms with E-state index in [9.17, 15) is 13.2 Å². The van der Waals surface area contributed by atoms with Crippen LogP contribution in [0.3, 0.4) is 0 Å². The van der Waals surface area contributed by atoms with Gasteiger partial charge in [-0.15, -0.1) is 0 Å². The molecule has 2 aromatic rings. The lowest BCUT2D eigenvalue weighted by atomic mass is 10.2. The predicted molar refractivity (Wildman–Crippen MR) is 65.9 cm³/mol. The second-order valence-corrected chi connectivity index (χ2v) is 4.41. The maximum atomic E-state index is 12.4. The van der Waals surface area contributed by atoms with Crippen molar-refractivity contribution in [1.82, 2.24) is 9.78 Å². The number of alkyl halides is 4. The number of hydrogen-bond acceptors (Lipinski definition) is 1. The van der Waals surface area contributed by atoms with Crippen LogP contribution >= 0.6 is 15.9 Å². The van der Waals surface area contributed by atoms with Crippen LogP contribution in [0.5, 0.6) is 0 Å². The van der Waals surface area contributed by atoms with Crippen molar-refractivity contribution in [2.24, 2.45) is 0 Å². The number of nitrogens with zero attached hydrogens (tertiary/aromatic N) is 2. The summed E-state index contributed by atoms with van der Waals surface area (Å²) >= 11 is 3.33. The van der Waals surface area contributed by atoms with Crippen LogP contribution in [0.2, 0.25) is 0 Å². The lowest BCUT2D eigenvalue weighted by Gasteiger charge is -2.09. The van der Waals surface area contributed by atoms with Crippen molar-refractivity contribution in [1.29, 1.82) is 0 Å². The molecule has 0 aliphatic rings.